The van der Waals surface area contributed by atoms with Crippen molar-refractivity contribution >= 4 is 106 Å². The Morgan fingerprint density at radius 3 is 1.85 bits per heavy atom. The maximum atomic E-state index is 15.1. The lowest BCUT2D eigenvalue weighted by atomic mass is 9.98. The van der Waals surface area contributed by atoms with Gasteiger partial charge in [0, 0.05) is 43.2 Å². The Hall–Kier alpha value is -12.4. The van der Waals surface area contributed by atoms with Crippen LogP contribution in [0.1, 0.15) is 141 Å². The number of carbonyl (C=O) groups excluding carboxylic acids is 13. The third kappa shape index (κ3) is 26.9. The van der Waals surface area contributed by atoms with E-state index in [0.29, 0.717) is 16.8 Å². The Morgan fingerprint density at radius 1 is 0.632 bits per heavy atom. The molecular formula is C77H106N20O17. The molecule has 0 saturated carbocycles. The van der Waals surface area contributed by atoms with Crippen molar-refractivity contribution in [1.29, 1.82) is 10.8 Å². The number of aliphatic hydroxyl groups is 1. The van der Waals surface area contributed by atoms with E-state index in [-0.39, 0.29) is 122 Å². The fraction of sp³-hybridized carbons (Fsp3) is 0.481. The summed E-state index contributed by atoms with van der Waals surface area (Å²) in [5, 5.41) is 70.1. The van der Waals surface area contributed by atoms with Crippen LogP contribution in [-0.4, -0.2) is 221 Å². The number of nitrogens with one attached hydrogen (secondary N) is 16. The van der Waals surface area contributed by atoms with Gasteiger partial charge < -0.3 is 111 Å². The fourth-order valence-corrected chi connectivity index (χ4v) is 13.4. The number of ether oxygens (including phenoxy) is 1. The average molecular weight is 1580 g/mol. The van der Waals surface area contributed by atoms with Gasteiger partial charge in [0.25, 0.3) is 0 Å². The average Bonchev–Trinajstić information content (AvgIpc) is 1.61. The lowest BCUT2D eigenvalue weighted by Crippen LogP contribution is -2.61. The van der Waals surface area contributed by atoms with Gasteiger partial charge in [-0.3, -0.25) is 73.1 Å². The van der Waals surface area contributed by atoms with E-state index in [0.717, 1.165) is 38.1 Å². The Labute approximate surface area is 658 Å². The highest BCUT2D eigenvalue weighted by atomic mass is 16.5. The number of fused-ring (bicyclic) bond motifs is 5. The van der Waals surface area contributed by atoms with E-state index >= 15 is 4.79 Å². The highest BCUT2D eigenvalue weighted by Gasteiger charge is 2.42. The number of hydrogen-bond donors (Lipinski definition) is 21. The van der Waals surface area contributed by atoms with E-state index in [1.165, 1.54) is 6.92 Å². The van der Waals surface area contributed by atoms with Crippen LogP contribution in [0.5, 0.6) is 0 Å². The number of allylic oxidation sites excluding steroid dienone is 2. The number of carbonyl (C=O) groups is 14. The minimum Gasteiger partial charge on any atom is -0.481 e. The number of primary amides is 1. The number of aliphatic hydroxyl groups excluding tert-OH is 1. The highest BCUT2D eigenvalue weighted by Crippen LogP contribution is 2.44. The Balaban J connectivity index is 1.21. The number of benzene rings is 3. The van der Waals surface area contributed by atoms with Crippen molar-refractivity contribution in [3.8, 4) is 11.1 Å². The first-order chi connectivity index (χ1) is 54.3. The second kappa shape index (κ2) is 43.4. The molecule has 3 aromatic carbocycles. The van der Waals surface area contributed by atoms with Crippen molar-refractivity contribution in [2.24, 2.45) is 17.2 Å². The van der Waals surface area contributed by atoms with Crippen LogP contribution in [0.4, 0.5) is 4.79 Å². The maximum Gasteiger partial charge on any atom is 0.407 e. The molecule has 7 rings (SSSR count). The van der Waals surface area contributed by atoms with Gasteiger partial charge in [-0.2, -0.15) is 0 Å². The predicted molar refractivity (Wildman–Crippen MR) is 418 cm³/mol. The quantitative estimate of drug-likeness (QED) is 0.0123. The van der Waals surface area contributed by atoms with Crippen molar-refractivity contribution in [2.45, 2.75) is 197 Å². The molecule has 13 amide bonds. The van der Waals surface area contributed by atoms with Crippen LogP contribution in [0, 0.1) is 10.8 Å². The number of guanidine groups is 2. The van der Waals surface area contributed by atoms with Gasteiger partial charge in [0.2, 0.25) is 70.9 Å². The number of H-pyrrole nitrogens is 1. The van der Waals surface area contributed by atoms with Gasteiger partial charge in [-0.15, -0.1) is 0 Å². The molecule has 1 aliphatic carbocycles. The number of hydrogen-bond acceptors (Lipinski definition) is 18. The normalized spacial score (nSPS) is 20.0. The van der Waals surface area contributed by atoms with Gasteiger partial charge in [0.15, 0.2) is 11.9 Å². The van der Waals surface area contributed by atoms with Gasteiger partial charge in [0.05, 0.1) is 13.0 Å². The highest BCUT2D eigenvalue weighted by molar-refractivity contribution is 6.01. The number of aliphatic carboxylic acids is 1. The summed E-state index contributed by atoms with van der Waals surface area (Å²) in [6.45, 7) is 6.16. The second-order valence-corrected chi connectivity index (χ2v) is 28.8. The number of para-hydroxylation sites is 1. The van der Waals surface area contributed by atoms with E-state index in [2.05, 4.69) is 74.1 Å². The first-order valence-electron chi connectivity index (χ1n) is 37.8. The summed E-state index contributed by atoms with van der Waals surface area (Å²) in [6.07, 6.45) is -0.0308. The van der Waals surface area contributed by atoms with Crippen LogP contribution in [0.25, 0.3) is 22.0 Å². The molecule has 114 heavy (non-hydrogen) atoms. The molecule has 3 heterocycles. The number of rotatable bonds is 31. The topological polar surface area (TPSA) is 590 Å². The Bertz CT molecular complexity index is 4170. The SMILES string of the molecule is CC(C)=CC[C@H](NC(=O)[C@H](CCCNC(=N)N)NC(=O)[C@H](Cc1cc2ccccc2[nH]1)NC(=O)[C@H](C)NC(=O)[C@@H]1CCCC[C@H](NC(=O)CNC(=O)OCC2c3ccccc3-c3ccccc32)C(=O)N[C@@H](CC=C(C)C)C(=O)N[C@@H](CO)C(=O)N[C@@H](CC(=O)O)C(=O)N2CCCC2C(=O)N[C@@H](CCCNC(=N)N)C(=O)N1)C(N)=O. The molecule has 37 heteroatoms. The van der Waals surface area contributed by atoms with Crippen molar-refractivity contribution in [1.82, 2.24) is 79.0 Å². The molecule has 37 nitrogen and oxygen atoms in total. The van der Waals surface area contributed by atoms with Gasteiger partial charge in [-0.05, 0) is 139 Å². The number of nitrogens with two attached hydrogens (primary N) is 3. The zero-order valence-electron chi connectivity index (χ0n) is 64.4. The van der Waals surface area contributed by atoms with Crippen LogP contribution < -0.4 is 86.3 Å². The molecule has 2 fully saturated rings. The number of aromatic nitrogens is 1. The first kappa shape index (κ1) is 88.8. The summed E-state index contributed by atoms with van der Waals surface area (Å²) in [4.78, 5) is 203. The van der Waals surface area contributed by atoms with Gasteiger partial charge in [-0.25, -0.2) is 4.79 Å². The Kier molecular flexibility index (Phi) is 33.8. The van der Waals surface area contributed by atoms with Crippen LogP contribution >= 0.6 is 0 Å². The van der Waals surface area contributed by atoms with Crippen molar-refractivity contribution < 1.29 is 82.1 Å². The number of nitrogens with zero attached hydrogens (tertiary/aromatic N) is 1. The molecule has 2 saturated heterocycles. The summed E-state index contributed by atoms with van der Waals surface area (Å²) < 4.78 is 5.65. The van der Waals surface area contributed by atoms with E-state index in [9.17, 15) is 72.5 Å². The molecule has 24 N–H and O–H groups in total. The summed E-state index contributed by atoms with van der Waals surface area (Å²) >= 11 is 0. The minimum absolute atomic E-state index is 0.0179. The minimum atomic E-state index is -1.92. The van der Waals surface area contributed by atoms with Crippen LogP contribution in [0.3, 0.4) is 0 Å². The van der Waals surface area contributed by atoms with Gasteiger partial charge in [0.1, 0.15) is 79.6 Å². The summed E-state index contributed by atoms with van der Waals surface area (Å²) in [7, 11) is 0. The summed E-state index contributed by atoms with van der Waals surface area (Å²) in [5.74, 6) is -14.5. The summed E-state index contributed by atoms with van der Waals surface area (Å²) in [5.41, 5.74) is 23.2. The van der Waals surface area contributed by atoms with Gasteiger partial charge >= 0.3 is 12.1 Å². The summed E-state index contributed by atoms with van der Waals surface area (Å²) in [6, 6.07) is 6.95. The number of aromatic amines is 1. The standard InChI is InChI=1S/C77H106N20O17/c1-41(2)28-30-52(64(78)102)89-68(106)55(25-14-32-83-75(79)80)91-71(109)58(36-45-35-44-17-6-11-22-51(44)87-45)94-65(103)43(5)86-66(104)54-24-13-12-23-53(88-62(99)38-85-77(113)114-40-50-48-20-9-7-18-46(48)47-19-8-10-21-49(47)50)67(105)92-57(31-29-42(3)4)70(108)96-60(39-98)72(110)95-59(37-63(100)101)74(112)97-34-16-27-61(97)73(111)93-56(69(107)90-54)26-15-33-84-76(81)82/h6-11,17-22,28-29,35,43,50,52-61,87,98H,12-16,23-27,30-34,36-40H2,1-5H3,(H2,78,102)(H,85,113)(H,86,104)(H,88,99)(H,89,106)(H,90,107)(H,91,109)(H,92,105)(H,93,111)(H,94,103)(H,95,110)(H,96,108)(H,100,101)(H4,79,80,83)(H4,81,82,84)/t43-,52-,53-,54-,55-,56-,57-,58-,59-,60-,61?/m0/s1. The molecule has 11 atom stereocenters. The monoisotopic (exact) mass is 1580 g/mol. The zero-order valence-corrected chi connectivity index (χ0v) is 64.4. The predicted octanol–water partition coefficient (Wildman–Crippen LogP) is -1.13. The third-order valence-corrected chi connectivity index (χ3v) is 19.4. The third-order valence-electron chi connectivity index (χ3n) is 19.4. The number of carboxylic acid groups (broad SMARTS) is 1. The number of carboxylic acids is 1. The largest absolute Gasteiger partial charge is 0.481 e. The molecule has 0 spiro atoms. The Morgan fingerprint density at radius 2 is 1.21 bits per heavy atom. The van der Waals surface area contributed by atoms with Crippen molar-refractivity contribution in [3.63, 3.8) is 0 Å². The lowest BCUT2D eigenvalue weighted by Gasteiger charge is -2.30. The maximum absolute atomic E-state index is 15.1. The molecular weight excluding hydrogens is 1480 g/mol. The van der Waals surface area contributed by atoms with Crippen molar-refractivity contribution in [2.75, 3.05) is 39.4 Å². The van der Waals surface area contributed by atoms with E-state index in [1.807, 2.05) is 48.5 Å². The molecule has 4 aromatic rings. The zero-order chi connectivity index (χ0) is 83.3. The first-order valence-corrected chi connectivity index (χ1v) is 37.8. The molecule has 1 aromatic heterocycles. The van der Waals surface area contributed by atoms with Gasteiger partial charge in [-0.1, -0.05) is 103 Å². The molecule has 2 aliphatic heterocycles. The number of alkyl carbamates (subject to hydrolysis) is 1. The van der Waals surface area contributed by atoms with Crippen LogP contribution in [-0.2, 0) is 73.5 Å². The lowest BCUT2D eigenvalue weighted by molar-refractivity contribution is -0.146. The van der Waals surface area contributed by atoms with E-state index in [1.54, 1.807) is 70.2 Å². The molecule has 0 radical (unpaired) electrons. The number of amides is 13. The molecule has 1 unspecified atom stereocenters. The van der Waals surface area contributed by atoms with E-state index < -0.39 is 175 Å². The van der Waals surface area contributed by atoms with Crippen molar-refractivity contribution in [3.05, 3.63) is 119 Å². The molecule has 616 valence electrons. The molecule has 0 bridgehead atoms. The van der Waals surface area contributed by atoms with Crippen LogP contribution in [0.15, 0.2) is 102 Å². The fourth-order valence-electron chi connectivity index (χ4n) is 13.4. The smallest absolute Gasteiger partial charge is 0.407 e. The molecule has 3 aliphatic rings. The van der Waals surface area contributed by atoms with E-state index in [4.69, 9.17) is 32.8 Å². The van der Waals surface area contributed by atoms with Crippen LogP contribution in [0.2, 0.25) is 0 Å². The second-order valence-electron chi connectivity index (χ2n) is 28.8.